The standard InChI is InChI=1S/C29H32F3N8O5P/c1-33-27(42)25-23(10-9-21(36-25)19-15-35-40(17-19)11-5-12-41)37-26-20(29(30,31)32)16-34-28(39-26)38-22-8-7-18(14-24(22)45-2)6-3-4-13-46(43)44/h7-10,14-17,41H,3-6,11-13H2,1-2H3,(H3-,33,34,37,38,39,42,43,44)/p+1. The number of pyridine rings is 1. The van der Waals surface area contributed by atoms with Crippen molar-refractivity contribution in [1.29, 1.82) is 0 Å². The van der Waals surface area contributed by atoms with Crippen LogP contribution >= 0.6 is 8.03 Å². The predicted octanol–water partition coefficient (Wildman–Crippen LogP) is 5.05. The van der Waals surface area contributed by atoms with Gasteiger partial charge in [0.05, 0.1) is 30.4 Å². The Morgan fingerprint density at radius 3 is 2.54 bits per heavy atom. The van der Waals surface area contributed by atoms with E-state index in [1.165, 1.54) is 32.5 Å². The zero-order valence-corrected chi connectivity index (χ0v) is 25.9. The molecule has 1 unspecified atom stereocenters. The molecule has 1 aromatic carbocycles. The van der Waals surface area contributed by atoms with Crippen molar-refractivity contribution in [3.8, 4) is 17.0 Å². The molecule has 4 aromatic rings. The molecule has 4 rings (SSSR count). The fourth-order valence-electron chi connectivity index (χ4n) is 4.43. The maximum absolute atomic E-state index is 14.0. The first-order valence-corrected chi connectivity index (χ1v) is 15.6. The molecule has 3 aromatic heterocycles. The number of carbonyl (C=O) groups excluding carboxylic acids is 1. The molecule has 46 heavy (non-hydrogen) atoms. The smallest absolute Gasteiger partial charge is 0.495 e. The molecule has 0 aliphatic carbocycles. The SMILES string of the molecule is CNC(=O)c1nc(-c2cnn(CCCO)c2)ccc1Nc1nc(Nc2ccc(CCCC[P+](=O)O)cc2OC)ncc1C(F)(F)F. The molecule has 0 saturated heterocycles. The average Bonchev–Trinajstić information content (AvgIpc) is 3.51. The van der Waals surface area contributed by atoms with Crippen molar-refractivity contribution < 1.29 is 37.3 Å². The van der Waals surface area contributed by atoms with Gasteiger partial charge < -0.3 is 25.8 Å². The minimum absolute atomic E-state index is 0.00669. The van der Waals surface area contributed by atoms with Crippen molar-refractivity contribution in [2.75, 3.05) is 37.6 Å². The molecule has 0 saturated carbocycles. The van der Waals surface area contributed by atoms with Crippen LogP contribution in [0.1, 0.15) is 40.9 Å². The number of nitrogens with zero attached hydrogens (tertiary/aromatic N) is 5. The Morgan fingerprint density at radius 2 is 1.85 bits per heavy atom. The molecular weight excluding hydrogens is 628 g/mol. The second-order valence-electron chi connectivity index (χ2n) is 10.0. The molecule has 0 bridgehead atoms. The number of carbonyl (C=O) groups is 1. The van der Waals surface area contributed by atoms with Gasteiger partial charge in [-0.05, 0) is 60.1 Å². The number of methoxy groups -OCH3 is 1. The van der Waals surface area contributed by atoms with E-state index >= 15 is 0 Å². The lowest BCUT2D eigenvalue weighted by Crippen LogP contribution is -2.21. The molecule has 17 heteroatoms. The molecule has 1 atom stereocenters. The summed E-state index contributed by atoms with van der Waals surface area (Å²) in [6, 6.07) is 8.18. The van der Waals surface area contributed by atoms with E-state index in [-0.39, 0.29) is 30.1 Å². The lowest BCUT2D eigenvalue weighted by atomic mass is 10.1. The Balaban J connectivity index is 1.63. The molecule has 0 radical (unpaired) electrons. The number of halogens is 3. The maximum atomic E-state index is 14.0. The van der Waals surface area contributed by atoms with Gasteiger partial charge in [0, 0.05) is 38.2 Å². The minimum Gasteiger partial charge on any atom is -0.495 e. The molecule has 5 N–H and O–H groups in total. The third kappa shape index (κ3) is 8.96. The zero-order chi connectivity index (χ0) is 33.3. The van der Waals surface area contributed by atoms with E-state index in [4.69, 9.17) is 14.7 Å². The number of anilines is 4. The highest BCUT2D eigenvalue weighted by atomic mass is 31.1. The van der Waals surface area contributed by atoms with Gasteiger partial charge in [0.1, 0.15) is 17.1 Å². The van der Waals surface area contributed by atoms with Crippen molar-refractivity contribution in [3.63, 3.8) is 0 Å². The summed E-state index contributed by atoms with van der Waals surface area (Å²) in [4.78, 5) is 34.1. The Bertz CT molecular complexity index is 1690. The van der Waals surface area contributed by atoms with Crippen LogP contribution in [-0.4, -0.2) is 67.6 Å². The summed E-state index contributed by atoms with van der Waals surface area (Å²) in [5, 5.41) is 21.2. The number of hydrogen-bond donors (Lipinski definition) is 5. The Morgan fingerprint density at radius 1 is 1.07 bits per heavy atom. The quantitative estimate of drug-likeness (QED) is 0.0851. The number of hydrogen-bond acceptors (Lipinski definition) is 10. The second kappa shape index (κ2) is 15.6. The highest BCUT2D eigenvalue weighted by Gasteiger charge is 2.36. The van der Waals surface area contributed by atoms with E-state index in [9.17, 15) is 22.5 Å². The first-order valence-electron chi connectivity index (χ1n) is 14.2. The summed E-state index contributed by atoms with van der Waals surface area (Å²) in [6.07, 6.45) is 1.65. The molecule has 13 nitrogen and oxygen atoms in total. The van der Waals surface area contributed by atoms with Gasteiger partial charge in [0.25, 0.3) is 5.91 Å². The van der Waals surface area contributed by atoms with E-state index < -0.39 is 31.5 Å². The molecule has 0 fully saturated rings. The van der Waals surface area contributed by atoms with E-state index in [1.807, 2.05) is 0 Å². The van der Waals surface area contributed by atoms with E-state index in [0.29, 0.717) is 61.1 Å². The lowest BCUT2D eigenvalue weighted by Gasteiger charge is -2.17. The normalized spacial score (nSPS) is 11.7. The minimum atomic E-state index is -4.83. The Labute approximate surface area is 263 Å². The maximum Gasteiger partial charge on any atom is 0.505 e. The molecule has 0 aliphatic heterocycles. The number of rotatable bonds is 15. The Hall–Kier alpha value is -4.66. The van der Waals surface area contributed by atoms with Crippen LogP contribution in [0.25, 0.3) is 11.3 Å². The largest absolute Gasteiger partial charge is 0.505 e. The average molecular weight is 662 g/mol. The van der Waals surface area contributed by atoms with Crippen LogP contribution < -0.4 is 20.7 Å². The van der Waals surface area contributed by atoms with Crippen LogP contribution in [0.2, 0.25) is 0 Å². The van der Waals surface area contributed by atoms with Crippen LogP contribution in [0, 0.1) is 0 Å². The summed E-state index contributed by atoms with van der Waals surface area (Å²) < 4.78 is 60.1. The second-order valence-corrected chi connectivity index (χ2v) is 11.2. The first kappa shape index (κ1) is 34.2. The van der Waals surface area contributed by atoms with Gasteiger partial charge >= 0.3 is 14.2 Å². The summed E-state index contributed by atoms with van der Waals surface area (Å²) in [5.41, 5.74) is 0.864. The van der Waals surface area contributed by atoms with Crippen LogP contribution in [0.15, 0.2) is 48.9 Å². The molecule has 1 amide bonds. The van der Waals surface area contributed by atoms with Gasteiger partial charge in [0.15, 0.2) is 11.9 Å². The number of ether oxygens (including phenoxy) is 1. The predicted molar refractivity (Wildman–Crippen MR) is 165 cm³/mol. The van der Waals surface area contributed by atoms with E-state index in [1.54, 1.807) is 29.1 Å². The van der Waals surface area contributed by atoms with E-state index in [0.717, 1.165) is 5.56 Å². The van der Waals surface area contributed by atoms with Gasteiger partial charge in [-0.1, -0.05) is 6.07 Å². The van der Waals surface area contributed by atoms with Crippen molar-refractivity contribution in [2.45, 2.75) is 38.4 Å². The number of aliphatic hydroxyl groups is 1. The molecule has 3 heterocycles. The number of alkyl halides is 3. The number of aliphatic hydroxyl groups excluding tert-OH is 1. The monoisotopic (exact) mass is 661 g/mol. The third-order valence-corrected chi connectivity index (χ3v) is 7.44. The first-order chi connectivity index (χ1) is 22.0. The van der Waals surface area contributed by atoms with Crippen molar-refractivity contribution in [2.24, 2.45) is 0 Å². The molecule has 0 aliphatic rings. The highest BCUT2D eigenvalue weighted by Crippen LogP contribution is 2.37. The zero-order valence-electron chi connectivity index (χ0n) is 25.0. The van der Waals surface area contributed by atoms with Gasteiger partial charge in [-0.2, -0.15) is 28.1 Å². The van der Waals surface area contributed by atoms with Gasteiger partial charge in [0.2, 0.25) is 5.95 Å². The Kier molecular flexibility index (Phi) is 11.6. The summed E-state index contributed by atoms with van der Waals surface area (Å²) in [5.74, 6) is -1.04. The molecule has 0 spiro atoms. The highest BCUT2D eigenvalue weighted by molar-refractivity contribution is 7.37. The fourth-order valence-corrected chi connectivity index (χ4v) is 4.92. The number of nitrogens with one attached hydrogen (secondary N) is 3. The molecule has 244 valence electrons. The number of aryl methyl sites for hydroxylation is 2. The fraction of sp³-hybridized carbons (Fsp3) is 0.345. The van der Waals surface area contributed by atoms with Gasteiger partial charge in [-0.3, -0.25) is 9.48 Å². The number of unbranched alkanes of at least 4 members (excludes halogenated alkanes) is 1. The van der Waals surface area contributed by atoms with Crippen LogP contribution in [0.4, 0.5) is 36.3 Å². The summed E-state index contributed by atoms with van der Waals surface area (Å²) >= 11 is 0. The summed E-state index contributed by atoms with van der Waals surface area (Å²) in [6.45, 7) is 0.460. The van der Waals surface area contributed by atoms with Gasteiger partial charge in [-0.25, -0.2) is 9.97 Å². The van der Waals surface area contributed by atoms with Crippen molar-refractivity contribution >= 4 is 37.1 Å². The summed E-state index contributed by atoms with van der Waals surface area (Å²) in [7, 11) is 0.637. The lowest BCUT2D eigenvalue weighted by molar-refractivity contribution is -0.137. The third-order valence-electron chi connectivity index (χ3n) is 6.74. The number of aromatic nitrogens is 5. The molecular formula is C29H33F3N8O5P+. The van der Waals surface area contributed by atoms with Crippen LogP contribution in [0.3, 0.4) is 0 Å². The number of benzene rings is 1. The van der Waals surface area contributed by atoms with Crippen molar-refractivity contribution in [3.05, 3.63) is 65.7 Å². The van der Waals surface area contributed by atoms with Crippen LogP contribution in [0.5, 0.6) is 5.75 Å². The van der Waals surface area contributed by atoms with Gasteiger partial charge in [-0.15, -0.1) is 0 Å². The number of amides is 1. The van der Waals surface area contributed by atoms with Crippen molar-refractivity contribution in [1.82, 2.24) is 30.0 Å². The van der Waals surface area contributed by atoms with Crippen LogP contribution in [-0.2, 0) is 23.7 Å². The van der Waals surface area contributed by atoms with E-state index in [2.05, 4.69) is 36.0 Å². The topological polar surface area (TPSA) is 176 Å².